The number of morpholine rings is 1. The second-order valence-electron chi connectivity index (χ2n) is 9.35. The lowest BCUT2D eigenvalue weighted by Crippen LogP contribution is -2.58. The number of carboxylic acids is 1. The average molecular weight is 502 g/mol. The monoisotopic (exact) mass is 501 g/mol. The molecule has 0 saturated carbocycles. The molecule has 1 N–H and O–H groups in total. The number of ether oxygens (including phenoxy) is 2. The smallest absolute Gasteiger partial charge is 0.335 e. The molecule has 188 valence electrons. The lowest BCUT2D eigenvalue weighted by molar-refractivity contribution is -0.157. The van der Waals surface area contributed by atoms with Gasteiger partial charge in [-0.2, -0.15) is 0 Å². The van der Waals surface area contributed by atoms with Gasteiger partial charge in [-0.05, 0) is 49.0 Å². The summed E-state index contributed by atoms with van der Waals surface area (Å²) in [6.45, 7) is 5.74. The van der Waals surface area contributed by atoms with Crippen molar-refractivity contribution in [2.24, 2.45) is 0 Å². The van der Waals surface area contributed by atoms with E-state index in [1.165, 1.54) is 0 Å². The highest BCUT2D eigenvalue weighted by molar-refractivity contribution is 6.30. The van der Waals surface area contributed by atoms with Crippen molar-refractivity contribution in [3.05, 3.63) is 64.7 Å². The van der Waals surface area contributed by atoms with Crippen molar-refractivity contribution in [2.75, 3.05) is 59.5 Å². The number of amides is 1. The summed E-state index contributed by atoms with van der Waals surface area (Å²) in [5.41, 5.74) is 0.480. The highest BCUT2D eigenvalue weighted by Crippen LogP contribution is 2.27. The van der Waals surface area contributed by atoms with Gasteiger partial charge in [-0.25, -0.2) is 4.79 Å². The van der Waals surface area contributed by atoms with Gasteiger partial charge in [0.05, 0.1) is 18.6 Å². The summed E-state index contributed by atoms with van der Waals surface area (Å²) in [7, 11) is 2.06. The van der Waals surface area contributed by atoms with E-state index < -0.39 is 11.6 Å². The third kappa shape index (κ3) is 6.95. The molecular weight excluding hydrogens is 470 g/mol. The molecule has 9 heteroatoms. The first-order valence-corrected chi connectivity index (χ1v) is 12.2. The standard InChI is InChI=1S/C26H32ClN3O5/c1-28-10-12-30(13-11-28)24(31)16-26(19-34-23-8-6-22(27)7-9-23)18-29(14-15-35-26)17-20-2-4-21(5-3-20)25(32)33/h2-9H,10-19H2,1H3,(H,32,33). The Balaban J connectivity index is 1.47. The molecule has 2 aliphatic heterocycles. The summed E-state index contributed by atoms with van der Waals surface area (Å²) in [6.07, 6.45) is 0.235. The number of rotatable bonds is 8. The topological polar surface area (TPSA) is 82.6 Å². The van der Waals surface area contributed by atoms with Crippen molar-refractivity contribution in [1.82, 2.24) is 14.7 Å². The molecule has 2 aliphatic rings. The number of carboxylic acid groups (broad SMARTS) is 1. The van der Waals surface area contributed by atoms with E-state index in [0.717, 1.165) is 18.7 Å². The molecule has 2 heterocycles. The van der Waals surface area contributed by atoms with Crippen LogP contribution in [-0.2, 0) is 16.1 Å². The van der Waals surface area contributed by atoms with Crippen LogP contribution in [0.3, 0.4) is 0 Å². The zero-order valence-electron chi connectivity index (χ0n) is 20.0. The predicted octanol–water partition coefficient (Wildman–Crippen LogP) is 2.85. The predicted molar refractivity (Wildman–Crippen MR) is 133 cm³/mol. The van der Waals surface area contributed by atoms with Crippen LogP contribution in [0.2, 0.25) is 5.02 Å². The Kier molecular flexibility index (Phi) is 8.28. The van der Waals surface area contributed by atoms with Crippen LogP contribution < -0.4 is 4.74 Å². The van der Waals surface area contributed by atoms with Crippen LogP contribution in [0.1, 0.15) is 22.3 Å². The molecule has 8 nitrogen and oxygen atoms in total. The highest BCUT2D eigenvalue weighted by atomic mass is 35.5. The molecule has 0 spiro atoms. The van der Waals surface area contributed by atoms with E-state index in [4.69, 9.17) is 26.2 Å². The SMILES string of the molecule is CN1CCN(C(=O)CC2(COc3ccc(Cl)cc3)CN(Cc3ccc(C(=O)O)cc3)CCO2)CC1. The van der Waals surface area contributed by atoms with E-state index in [-0.39, 0.29) is 24.5 Å². The maximum absolute atomic E-state index is 13.3. The van der Waals surface area contributed by atoms with Gasteiger partial charge in [0.25, 0.3) is 0 Å². The molecule has 2 aromatic carbocycles. The fourth-order valence-corrected chi connectivity index (χ4v) is 4.63. The molecule has 0 aromatic heterocycles. The third-order valence-electron chi connectivity index (χ3n) is 6.58. The molecule has 2 aromatic rings. The molecule has 1 amide bonds. The minimum absolute atomic E-state index is 0.0745. The first kappa shape index (κ1) is 25.4. The molecular formula is C26H32ClN3O5. The number of likely N-dealkylation sites (N-methyl/N-ethyl adjacent to an activating group) is 1. The van der Waals surface area contributed by atoms with Gasteiger partial charge in [-0.3, -0.25) is 9.69 Å². The van der Waals surface area contributed by atoms with Crippen LogP contribution in [0.4, 0.5) is 0 Å². The fourth-order valence-electron chi connectivity index (χ4n) is 4.50. The van der Waals surface area contributed by atoms with Crippen molar-refractivity contribution in [3.63, 3.8) is 0 Å². The number of piperazine rings is 1. The maximum Gasteiger partial charge on any atom is 0.335 e. The van der Waals surface area contributed by atoms with Crippen LogP contribution in [0.5, 0.6) is 5.75 Å². The summed E-state index contributed by atoms with van der Waals surface area (Å²) in [5, 5.41) is 9.78. The second-order valence-corrected chi connectivity index (χ2v) is 9.78. The Hall–Kier alpha value is -2.65. The third-order valence-corrected chi connectivity index (χ3v) is 6.83. The van der Waals surface area contributed by atoms with E-state index in [1.807, 2.05) is 29.2 Å². The van der Waals surface area contributed by atoms with Crippen LogP contribution in [0, 0.1) is 0 Å². The average Bonchev–Trinajstić information content (AvgIpc) is 2.85. The van der Waals surface area contributed by atoms with E-state index in [1.54, 1.807) is 24.3 Å². The van der Waals surface area contributed by atoms with Crippen molar-refractivity contribution in [2.45, 2.75) is 18.6 Å². The van der Waals surface area contributed by atoms with Crippen molar-refractivity contribution < 1.29 is 24.2 Å². The normalized spacial score (nSPS) is 21.6. The number of aromatic carboxylic acids is 1. The first-order valence-electron chi connectivity index (χ1n) is 11.9. The molecule has 4 rings (SSSR count). The highest BCUT2D eigenvalue weighted by Gasteiger charge is 2.41. The summed E-state index contributed by atoms with van der Waals surface area (Å²) in [4.78, 5) is 30.8. The fraction of sp³-hybridized carbons (Fsp3) is 0.462. The van der Waals surface area contributed by atoms with E-state index in [9.17, 15) is 9.59 Å². The Morgan fingerprint density at radius 2 is 1.71 bits per heavy atom. The van der Waals surface area contributed by atoms with Gasteiger partial charge in [0.1, 0.15) is 18.0 Å². The molecule has 1 atom stereocenters. The molecule has 0 aliphatic carbocycles. The van der Waals surface area contributed by atoms with Crippen molar-refractivity contribution in [3.8, 4) is 5.75 Å². The van der Waals surface area contributed by atoms with Crippen LogP contribution in [0.25, 0.3) is 0 Å². The number of carbonyl (C=O) groups excluding carboxylic acids is 1. The first-order chi connectivity index (χ1) is 16.8. The summed E-state index contributed by atoms with van der Waals surface area (Å²) >= 11 is 6.00. The van der Waals surface area contributed by atoms with Crippen molar-refractivity contribution in [1.29, 1.82) is 0 Å². The van der Waals surface area contributed by atoms with Gasteiger partial charge in [-0.1, -0.05) is 23.7 Å². The van der Waals surface area contributed by atoms with Gasteiger partial charge < -0.3 is 24.4 Å². The molecule has 0 bridgehead atoms. The van der Waals surface area contributed by atoms with E-state index in [0.29, 0.717) is 50.1 Å². The van der Waals surface area contributed by atoms with Crippen LogP contribution in [-0.4, -0.2) is 96.8 Å². The molecule has 2 fully saturated rings. The van der Waals surface area contributed by atoms with E-state index >= 15 is 0 Å². The number of hydrogen-bond acceptors (Lipinski definition) is 6. The van der Waals surface area contributed by atoms with E-state index in [2.05, 4.69) is 16.8 Å². The van der Waals surface area contributed by atoms with Gasteiger partial charge in [0.15, 0.2) is 0 Å². The lowest BCUT2D eigenvalue weighted by atomic mass is 9.96. The number of hydrogen-bond donors (Lipinski definition) is 1. The van der Waals surface area contributed by atoms with Crippen LogP contribution >= 0.6 is 11.6 Å². The Morgan fingerprint density at radius 3 is 2.37 bits per heavy atom. The Labute approximate surface area is 211 Å². The van der Waals surface area contributed by atoms with Gasteiger partial charge in [0.2, 0.25) is 5.91 Å². The number of halogens is 1. The molecule has 0 radical (unpaired) electrons. The van der Waals surface area contributed by atoms with Gasteiger partial charge in [0, 0.05) is 50.8 Å². The summed E-state index contributed by atoms with van der Waals surface area (Å²) in [6, 6.07) is 14.1. The van der Waals surface area contributed by atoms with Gasteiger partial charge in [-0.15, -0.1) is 0 Å². The minimum Gasteiger partial charge on any atom is -0.491 e. The lowest BCUT2D eigenvalue weighted by Gasteiger charge is -2.43. The Bertz CT molecular complexity index is 1010. The van der Waals surface area contributed by atoms with Crippen molar-refractivity contribution >= 4 is 23.5 Å². The maximum atomic E-state index is 13.3. The number of nitrogens with zero attached hydrogens (tertiary/aromatic N) is 3. The number of carbonyl (C=O) groups is 2. The zero-order chi connectivity index (χ0) is 24.8. The quantitative estimate of drug-likeness (QED) is 0.595. The summed E-state index contributed by atoms with van der Waals surface area (Å²) in [5.74, 6) is -0.194. The van der Waals surface area contributed by atoms with Gasteiger partial charge >= 0.3 is 5.97 Å². The molecule has 2 saturated heterocycles. The second kappa shape index (κ2) is 11.4. The largest absolute Gasteiger partial charge is 0.491 e. The minimum atomic E-state index is -0.941. The van der Waals surface area contributed by atoms with Crippen LogP contribution in [0.15, 0.2) is 48.5 Å². The molecule has 1 unspecified atom stereocenters. The summed E-state index contributed by atoms with van der Waals surface area (Å²) < 4.78 is 12.4. The zero-order valence-corrected chi connectivity index (χ0v) is 20.7. The molecule has 35 heavy (non-hydrogen) atoms. The number of benzene rings is 2. The Morgan fingerprint density at radius 1 is 1.03 bits per heavy atom.